The molecule has 12 heteroatoms. The van der Waals surface area contributed by atoms with Crippen molar-refractivity contribution in [3.63, 3.8) is 0 Å². The van der Waals surface area contributed by atoms with E-state index in [1.807, 2.05) is 0 Å². The minimum absolute atomic E-state index is 0. The summed E-state index contributed by atoms with van der Waals surface area (Å²) in [5.74, 6) is -0.334. The fourth-order valence-corrected chi connectivity index (χ4v) is 5.09. The van der Waals surface area contributed by atoms with Gasteiger partial charge in [-0.2, -0.15) is 13.5 Å². The van der Waals surface area contributed by atoms with E-state index >= 15 is 0 Å². The van der Waals surface area contributed by atoms with E-state index in [4.69, 9.17) is 0 Å². The second kappa shape index (κ2) is 10.4. The number of anilines is 1. The van der Waals surface area contributed by atoms with E-state index in [1.54, 1.807) is 55.5 Å². The Morgan fingerprint density at radius 2 is 1.37 bits per heavy atom. The van der Waals surface area contributed by atoms with E-state index in [0.717, 1.165) is 6.07 Å². The number of aromatic hydroxyl groups is 1. The van der Waals surface area contributed by atoms with Gasteiger partial charge in [0.15, 0.2) is 5.75 Å². The van der Waals surface area contributed by atoms with Crippen molar-refractivity contribution in [1.82, 2.24) is 0 Å². The Labute approximate surface area is 224 Å². The molecule has 9 nitrogen and oxygen atoms in total. The van der Waals surface area contributed by atoms with Gasteiger partial charge in [-0.25, -0.2) is 8.42 Å². The van der Waals surface area contributed by atoms with Crippen molar-refractivity contribution in [3.05, 3.63) is 84.4 Å². The van der Waals surface area contributed by atoms with Crippen LogP contribution in [0.2, 0.25) is 0 Å². The van der Waals surface area contributed by atoms with Crippen molar-refractivity contribution < 1.29 is 56.1 Å². The Hall–Kier alpha value is -2.80. The summed E-state index contributed by atoms with van der Waals surface area (Å²) < 4.78 is 61.4. The molecule has 0 bridgehead atoms. The molecule has 0 aliphatic rings. The zero-order valence-electron chi connectivity index (χ0n) is 18.7. The van der Waals surface area contributed by atoms with Gasteiger partial charge in [-0.15, -0.1) is 5.11 Å². The number of nitrogens with one attached hydrogen (secondary N) is 1. The van der Waals surface area contributed by atoms with E-state index < -0.39 is 25.0 Å². The number of phenols is 1. The molecule has 174 valence electrons. The summed E-state index contributed by atoms with van der Waals surface area (Å²) in [5, 5.41) is 18.9. The van der Waals surface area contributed by atoms with Crippen molar-refractivity contribution >= 4 is 48.0 Å². The first-order valence-corrected chi connectivity index (χ1v) is 12.8. The maximum atomic E-state index is 12.8. The van der Waals surface area contributed by atoms with E-state index in [1.165, 1.54) is 24.3 Å². The predicted molar refractivity (Wildman–Crippen MR) is 128 cm³/mol. The molecule has 0 fully saturated rings. The van der Waals surface area contributed by atoms with E-state index in [9.17, 15) is 26.5 Å². The summed E-state index contributed by atoms with van der Waals surface area (Å²) in [6.45, 7) is 1.69. The first-order chi connectivity index (χ1) is 16.1. The van der Waals surface area contributed by atoms with Crippen molar-refractivity contribution in [2.45, 2.75) is 16.7 Å². The molecule has 0 heterocycles. The first kappa shape index (κ1) is 26.8. The number of para-hydroxylation sites is 1. The van der Waals surface area contributed by atoms with Crippen molar-refractivity contribution in [2.75, 3.05) is 4.72 Å². The summed E-state index contributed by atoms with van der Waals surface area (Å²) in [6.07, 6.45) is 0. The Kier molecular flexibility index (Phi) is 8.00. The molecule has 0 saturated carbocycles. The summed E-state index contributed by atoms with van der Waals surface area (Å²) >= 11 is 0. The van der Waals surface area contributed by atoms with Crippen molar-refractivity contribution in [3.8, 4) is 5.75 Å². The van der Waals surface area contributed by atoms with Crippen LogP contribution < -0.4 is 34.3 Å². The summed E-state index contributed by atoms with van der Waals surface area (Å²) in [5.41, 5.74) is 0.973. The molecule has 0 unspecified atom stereocenters. The van der Waals surface area contributed by atoms with Gasteiger partial charge in [-0.3, -0.25) is 9.27 Å². The smallest absolute Gasteiger partial charge is 0.505 e. The average Bonchev–Trinajstić information content (AvgIpc) is 2.79. The largest absolute Gasteiger partial charge is 1.00 e. The second-order valence-electron chi connectivity index (χ2n) is 7.38. The van der Waals surface area contributed by atoms with Gasteiger partial charge in [0, 0.05) is 16.5 Å². The normalized spacial score (nSPS) is 11.9. The topological polar surface area (TPSA) is 145 Å². The molecule has 0 amide bonds. The van der Waals surface area contributed by atoms with Crippen molar-refractivity contribution in [1.29, 1.82) is 0 Å². The van der Waals surface area contributed by atoms with Gasteiger partial charge in [0.05, 0.1) is 10.6 Å². The van der Waals surface area contributed by atoms with Crippen LogP contribution in [-0.4, -0.2) is 26.5 Å². The van der Waals surface area contributed by atoms with Crippen LogP contribution >= 0.6 is 0 Å². The number of phenolic OH excluding ortho intramolecular Hbond substituents is 1. The van der Waals surface area contributed by atoms with Gasteiger partial charge < -0.3 is 5.11 Å². The van der Waals surface area contributed by atoms with Gasteiger partial charge in [-0.05, 0) is 42.8 Å². The molecule has 35 heavy (non-hydrogen) atoms. The number of hydrogen-bond donors (Lipinski definition) is 3. The maximum absolute atomic E-state index is 12.8. The van der Waals surface area contributed by atoms with Crippen LogP contribution in [0.1, 0.15) is 5.56 Å². The molecular formula is C23H19N3NaO6S2+. The summed E-state index contributed by atoms with van der Waals surface area (Å²) in [7, 11) is -8.53. The van der Waals surface area contributed by atoms with Gasteiger partial charge in [0.2, 0.25) is 0 Å². The quantitative estimate of drug-likeness (QED) is 0.202. The monoisotopic (exact) mass is 520 g/mol. The zero-order valence-corrected chi connectivity index (χ0v) is 22.4. The third-order valence-electron chi connectivity index (χ3n) is 5.02. The van der Waals surface area contributed by atoms with Crippen LogP contribution in [0.15, 0.2) is 98.9 Å². The van der Waals surface area contributed by atoms with Crippen LogP contribution in [0.4, 0.5) is 17.1 Å². The number of azo groups is 1. The Morgan fingerprint density at radius 1 is 0.771 bits per heavy atom. The van der Waals surface area contributed by atoms with Gasteiger partial charge in [0.25, 0.3) is 20.1 Å². The maximum Gasteiger partial charge on any atom is 1.00 e. The molecule has 3 N–H and O–H groups in total. The molecule has 0 aliphatic heterocycles. The minimum atomic E-state index is -4.62. The number of sulfonamides is 1. The van der Waals surface area contributed by atoms with E-state index in [-0.39, 0.29) is 62.3 Å². The van der Waals surface area contributed by atoms with Crippen LogP contribution in [0.25, 0.3) is 10.8 Å². The molecule has 4 aromatic rings. The van der Waals surface area contributed by atoms with Crippen LogP contribution in [-0.2, 0) is 20.1 Å². The second-order valence-corrected chi connectivity index (χ2v) is 10.5. The molecule has 4 aromatic carbocycles. The van der Waals surface area contributed by atoms with Gasteiger partial charge >= 0.3 is 29.6 Å². The molecule has 0 aromatic heterocycles. The molecule has 0 spiro atoms. The number of aryl methyl sites for hydroxylation is 1. The van der Waals surface area contributed by atoms with Gasteiger partial charge in [0.1, 0.15) is 10.6 Å². The van der Waals surface area contributed by atoms with Gasteiger partial charge in [-0.1, -0.05) is 48.5 Å². The predicted octanol–water partition coefficient (Wildman–Crippen LogP) is 2.32. The Morgan fingerprint density at radius 3 is 2.03 bits per heavy atom. The number of fused-ring (bicyclic) bond motifs is 1. The van der Waals surface area contributed by atoms with Crippen LogP contribution in [0, 0.1) is 6.92 Å². The van der Waals surface area contributed by atoms with Crippen LogP contribution in [0.3, 0.4) is 0 Å². The summed E-state index contributed by atoms with van der Waals surface area (Å²) in [6, 6.07) is 19.7. The SMILES string of the molecule is Cc1ccc(S(=O)(=O)Nc2ccccc2)cc1N=Nc1cc(S(=O)(=O)O)c2ccccc2c1O.[Na+]. The Bertz CT molecular complexity index is 1640. The average molecular weight is 521 g/mol. The molecule has 0 saturated heterocycles. The first-order valence-electron chi connectivity index (χ1n) is 9.89. The third-order valence-corrected chi connectivity index (χ3v) is 7.29. The third kappa shape index (κ3) is 5.89. The van der Waals surface area contributed by atoms with E-state index in [2.05, 4.69) is 15.0 Å². The Balaban J connectivity index is 0.00000342. The fraction of sp³-hybridized carbons (Fsp3) is 0.0435. The van der Waals surface area contributed by atoms with Crippen LogP contribution in [0.5, 0.6) is 5.75 Å². The standard InChI is InChI=1S/C23H19N3O6S2.Na/c1-15-11-12-17(33(28,29)26-16-7-3-2-4-8-16)13-20(15)24-25-21-14-22(34(30,31)32)18-9-5-6-10-19(18)23(21)27;/h2-14,26-27H,1H3,(H,30,31,32);/q;+1. The zero-order chi connectivity index (χ0) is 24.5. The number of rotatable bonds is 6. The summed E-state index contributed by atoms with van der Waals surface area (Å²) in [4.78, 5) is -0.493. The molecule has 0 atom stereocenters. The molecule has 4 rings (SSSR count). The number of hydrogen-bond acceptors (Lipinski definition) is 7. The molecule has 0 radical (unpaired) electrons. The number of nitrogens with zero attached hydrogens (tertiary/aromatic N) is 2. The number of benzene rings is 4. The molecule has 0 aliphatic carbocycles. The van der Waals surface area contributed by atoms with E-state index in [0.29, 0.717) is 11.3 Å². The fourth-order valence-electron chi connectivity index (χ4n) is 3.29. The minimum Gasteiger partial charge on any atom is -0.505 e. The molecular weight excluding hydrogens is 501 g/mol. The van der Waals surface area contributed by atoms with Crippen molar-refractivity contribution in [2.24, 2.45) is 10.2 Å².